The zero-order chi connectivity index (χ0) is 8.67. The highest BCUT2D eigenvalue weighted by molar-refractivity contribution is 5.91. The smallest absolute Gasteiger partial charge is 0.0138 e. The standard InChI is InChI=1S/C13H7/c1-4-10-6-2-8-12-9-3-7-11(5-1)13(10)12/h1-2,4-7,9H. The second-order valence-electron chi connectivity index (χ2n) is 3.16. The molecule has 3 rings (SSSR count). The van der Waals surface area contributed by atoms with Gasteiger partial charge in [-0.3, -0.25) is 0 Å². The molecule has 0 saturated carbocycles. The first-order valence-electron chi connectivity index (χ1n) is 4.31. The van der Waals surface area contributed by atoms with Gasteiger partial charge in [-0.1, -0.05) is 24.3 Å². The van der Waals surface area contributed by atoms with Crippen LogP contribution in [0.25, 0.3) is 10.8 Å². The van der Waals surface area contributed by atoms with E-state index in [2.05, 4.69) is 36.8 Å². The van der Waals surface area contributed by atoms with Crippen LogP contribution in [0.15, 0.2) is 36.4 Å². The second kappa shape index (κ2) is 2.46. The summed E-state index contributed by atoms with van der Waals surface area (Å²) in [6.07, 6.45) is 7.27. The molecular weight excluding hydrogens is 156 g/mol. The van der Waals surface area contributed by atoms with E-state index in [1.807, 2.05) is 18.2 Å². The maximum Gasteiger partial charge on any atom is 0.0138 e. The Morgan fingerprint density at radius 3 is 3.08 bits per heavy atom. The molecule has 0 saturated heterocycles. The van der Waals surface area contributed by atoms with E-state index in [1.165, 1.54) is 16.3 Å². The number of hydrogen-bond acceptors (Lipinski definition) is 0. The molecular formula is C13H7. The maximum atomic E-state index is 3.22. The lowest BCUT2D eigenvalue weighted by molar-refractivity contribution is 1.48. The predicted octanol–water partition coefficient (Wildman–Crippen LogP) is 2.91. The Morgan fingerprint density at radius 1 is 1.08 bits per heavy atom. The van der Waals surface area contributed by atoms with Gasteiger partial charge in [0.25, 0.3) is 0 Å². The molecule has 2 aromatic rings. The molecule has 0 heterocycles. The average Bonchev–Trinajstić information content (AvgIpc) is 2.19. The maximum absolute atomic E-state index is 3.22. The normalized spacial score (nSPS) is 13.5. The number of allylic oxidation sites excluding steroid dienone is 1. The van der Waals surface area contributed by atoms with Gasteiger partial charge in [0.1, 0.15) is 0 Å². The number of rotatable bonds is 0. The molecule has 0 aliphatic heterocycles. The van der Waals surface area contributed by atoms with Crippen molar-refractivity contribution in [2.24, 2.45) is 0 Å². The topological polar surface area (TPSA) is 0 Å². The molecule has 13 heavy (non-hydrogen) atoms. The van der Waals surface area contributed by atoms with E-state index >= 15 is 0 Å². The van der Waals surface area contributed by atoms with E-state index in [0.29, 0.717) is 0 Å². The lowest BCUT2D eigenvalue weighted by Gasteiger charge is -2.10. The third kappa shape index (κ3) is 0.919. The van der Waals surface area contributed by atoms with E-state index in [-0.39, 0.29) is 0 Å². The fourth-order valence-corrected chi connectivity index (χ4v) is 1.78. The van der Waals surface area contributed by atoms with E-state index < -0.39 is 0 Å². The summed E-state index contributed by atoms with van der Waals surface area (Å²) in [4.78, 5) is 0. The molecule has 0 heteroatoms. The van der Waals surface area contributed by atoms with Crippen molar-refractivity contribution < 1.29 is 0 Å². The molecule has 3 radical (unpaired) electrons. The largest absolute Gasteiger partial charge is 0.0675 e. The van der Waals surface area contributed by atoms with E-state index in [9.17, 15) is 0 Å². The molecule has 0 atom stereocenters. The first kappa shape index (κ1) is 6.90. The quantitative estimate of drug-likeness (QED) is 0.560. The van der Waals surface area contributed by atoms with Crippen LogP contribution in [0.1, 0.15) is 11.1 Å². The minimum atomic E-state index is 1.15. The predicted molar refractivity (Wildman–Crippen MR) is 53.1 cm³/mol. The highest BCUT2D eigenvalue weighted by atomic mass is 14.1. The minimum absolute atomic E-state index is 1.15. The van der Waals surface area contributed by atoms with E-state index in [4.69, 9.17) is 0 Å². The lowest BCUT2D eigenvalue weighted by atomic mass is 9.93. The Labute approximate surface area is 77.5 Å². The Kier molecular flexibility index (Phi) is 1.31. The molecule has 1 aliphatic rings. The average molecular weight is 163 g/mol. The summed E-state index contributed by atoms with van der Waals surface area (Å²) >= 11 is 0. The first-order valence-corrected chi connectivity index (χ1v) is 4.31. The molecule has 0 N–H and O–H groups in total. The Balaban J connectivity index is 2.56. The molecule has 0 amide bonds. The van der Waals surface area contributed by atoms with Crippen molar-refractivity contribution in [2.45, 2.75) is 0 Å². The van der Waals surface area contributed by atoms with E-state index in [1.54, 1.807) is 0 Å². The molecule has 0 fully saturated rings. The van der Waals surface area contributed by atoms with Crippen molar-refractivity contribution in [3.8, 4) is 0 Å². The van der Waals surface area contributed by atoms with Crippen LogP contribution in [0.5, 0.6) is 0 Å². The fourth-order valence-electron chi connectivity index (χ4n) is 1.78. The summed E-state index contributed by atoms with van der Waals surface area (Å²) in [5, 5.41) is 2.54. The summed E-state index contributed by atoms with van der Waals surface area (Å²) in [6.45, 7) is 0. The molecule has 0 aromatic heterocycles. The van der Waals surface area contributed by atoms with Crippen LogP contribution in [-0.2, 0) is 0 Å². The fraction of sp³-hybridized carbons (Fsp3) is 0. The van der Waals surface area contributed by atoms with Crippen LogP contribution < -0.4 is 0 Å². The lowest BCUT2D eigenvalue weighted by Crippen LogP contribution is -1.91. The Hall–Kier alpha value is -1.56. The van der Waals surface area contributed by atoms with Crippen LogP contribution >= 0.6 is 0 Å². The Morgan fingerprint density at radius 2 is 2.08 bits per heavy atom. The summed E-state index contributed by atoms with van der Waals surface area (Å²) in [7, 11) is 0. The third-order valence-electron chi connectivity index (χ3n) is 2.37. The summed E-state index contributed by atoms with van der Waals surface area (Å²) in [6, 6.07) is 13.4. The van der Waals surface area contributed by atoms with Crippen molar-refractivity contribution >= 4 is 10.8 Å². The Bertz CT molecular complexity index is 487. The molecule has 0 unspecified atom stereocenters. The van der Waals surface area contributed by atoms with Crippen LogP contribution in [0, 0.1) is 18.6 Å². The van der Waals surface area contributed by atoms with E-state index in [0.717, 1.165) is 5.56 Å². The van der Waals surface area contributed by atoms with Crippen molar-refractivity contribution in [1.29, 1.82) is 0 Å². The van der Waals surface area contributed by atoms with Gasteiger partial charge in [0.2, 0.25) is 0 Å². The zero-order valence-electron chi connectivity index (χ0n) is 7.04. The third-order valence-corrected chi connectivity index (χ3v) is 2.37. The van der Waals surface area contributed by atoms with Gasteiger partial charge in [-0.05, 0) is 46.2 Å². The van der Waals surface area contributed by atoms with Gasteiger partial charge in [-0.2, -0.15) is 0 Å². The second-order valence-corrected chi connectivity index (χ2v) is 3.16. The summed E-state index contributed by atoms with van der Waals surface area (Å²) in [5.74, 6) is 0. The molecule has 0 bridgehead atoms. The van der Waals surface area contributed by atoms with Crippen LogP contribution in [0.2, 0.25) is 0 Å². The van der Waals surface area contributed by atoms with Gasteiger partial charge >= 0.3 is 0 Å². The van der Waals surface area contributed by atoms with Crippen molar-refractivity contribution in [1.82, 2.24) is 0 Å². The van der Waals surface area contributed by atoms with Crippen LogP contribution in [0.4, 0.5) is 0 Å². The van der Waals surface area contributed by atoms with Gasteiger partial charge < -0.3 is 0 Å². The summed E-state index contributed by atoms with van der Waals surface area (Å²) in [5.41, 5.74) is 2.43. The molecule has 59 valence electrons. The highest BCUT2D eigenvalue weighted by Gasteiger charge is 2.07. The molecule has 1 aliphatic carbocycles. The SMILES string of the molecule is [C]1=C[CH]c2cccc3c[c]cc1c23. The molecule has 0 spiro atoms. The number of hydrogen-bond donors (Lipinski definition) is 0. The van der Waals surface area contributed by atoms with Gasteiger partial charge in [0.15, 0.2) is 0 Å². The molecule has 2 aromatic carbocycles. The highest BCUT2D eigenvalue weighted by Crippen LogP contribution is 2.27. The van der Waals surface area contributed by atoms with Crippen molar-refractivity contribution in [3.05, 3.63) is 66.1 Å². The van der Waals surface area contributed by atoms with Gasteiger partial charge in [0, 0.05) is 6.42 Å². The van der Waals surface area contributed by atoms with Gasteiger partial charge in [-0.15, -0.1) is 0 Å². The number of benzene rings is 2. The van der Waals surface area contributed by atoms with Crippen molar-refractivity contribution in [3.63, 3.8) is 0 Å². The first-order chi connectivity index (χ1) is 6.45. The van der Waals surface area contributed by atoms with Crippen LogP contribution in [0.3, 0.4) is 0 Å². The van der Waals surface area contributed by atoms with Crippen molar-refractivity contribution in [2.75, 3.05) is 0 Å². The monoisotopic (exact) mass is 163 g/mol. The summed E-state index contributed by atoms with van der Waals surface area (Å²) < 4.78 is 0. The van der Waals surface area contributed by atoms with Gasteiger partial charge in [-0.25, -0.2) is 0 Å². The van der Waals surface area contributed by atoms with Crippen LogP contribution in [-0.4, -0.2) is 0 Å². The zero-order valence-corrected chi connectivity index (χ0v) is 7.04. The minimum Gasteiger partial charge on any atom is -0.0675 e. The molecule has 0 nitrogen and oxygen atoms in total. The van der Waals surface area contributed by atoms with Gasteiger partial charge in [0.05, 0.1) is 0 Å².